The molecular formula is C12H15BrFNO2. The summed E-state index contributed by atoms with van der Waals surface area (Å²) in [5, 5.41) is 0. The maximum atomic E-state index is 13.4. The first-order valence-electron chi connectivity index (χ1n) is 5.27. The molecule has 0 bridgehead atoms. The van der Waals surface area contributed by atoms with E-state index in [2.05, 4.69) is 15.9 Å². The molecule has 0 heterocycles. The Labute approximate surface area is 108 Å². The number of halogens is 2. The first-order chi connectivity index (χ1) is 8.04. The molecule has 0 saturated carbocycles. The number of Topliss-reactive ketones (excluding diaryl/α,β-unsaturated/α-hetero) is 1. The van der Waals surface area contributed by atoms with E-state index >= 15 is 0 Å². The Bertz CT molecular complexity index is 398. The third-order valence-corrected chi connectivity index (χ3v) is 2.86. The van der Waals surface area contributed by atoms with Crippen molar-refractivity contribution in [2.75, 3.05) is 13.7 Å². The molecule has 0 spiro atoms. The number of methoxy groups -OCH3 is 1. The minimum absolute atomic E-state index is 0.0761. The van der Waals surface area contributed by atoms with Gasteiger partial charge in [-0.2, -0.15) is 0 Å². The highest BCUT2D eigenvalue weighted by Gasteiger charge is 2.15. The zero-order chi connectivity index (χ0) is 12.8. The summed E-state index contributed by atoms with van der Waals surface area (Å²) >= 11 is 3.20. The number of ether oxygens (including phenoxy) is 1. The van der Waals surface area contributed by atoms with Gasteiger partial charge < -0.3 is 10.5 Å². The lowest BCUT2D eigenvalue weighted by Crippen LogP contribution is -2.25. The van der Waals surface area contributed by atoms with Crippen LogP contribution in [-0.2, 0) is 4.74 Å². The quantitative estimate of drug-likeness (QED) is 0.822. The second-order valence-electron chi connectivity index (χ2n) is 3.79. The van der Waals surface area contributed by atoms with E-state index in [4.69, 9.17) is 10.5 Å². The lowest BCUT2D eigenvalue weighted by atomic mass is 10.0. The third kappa shape index (κ3) is 4.53. The van der Waals surface area contributed by atoms with Crippen molar-refractivity contribution < 1.29 is 13.9 Å². The lowest BCUT2D eigenvalue weighted by molar-refractivity contribution is 0.0963. The second kappa shape index (κ2) is 6.83. The van der Waals surface area contributed by atoms with Crippen molar-refractivity contribution in [1.82, 2.24) is 0 Å². The molecule has 0 fully saturated rings. The number of carbonyl (C=O) groups is 1. The van der Waals surface area contributed by atoms with Gasteiger partial charge in [-0.3, -0.25) is 4.79 Å². The fourth-order valence-corrected chi connectivity index (χ4v) is 1.79. The summed E-state index contributed by atoms with van der Waals surface area (Å²) in [6.45, 7) is 0.495. The predicted molar refractivity (Wildman–Crippen MR) is 67.5 cm³/mol. The smallest absolute Gasteiger partial charge is 0.167 e. The summed E-state index contributed by atoms with van der Waals surface area (Å²) < 4.78 is 19.0. The number of hydrogen-bond acceptors (Lipinski definition) is 3. The SMILES string of the molecule is COCCC(N)CC(=O)c1cc(Br)ccc1F. The van der Waals surface area contributed by atoms with Crippen LogP contribution in [0.1, 0.15) is 23.2 Å². The van der Waals surface area contributed by atoms with Crippen molar-refractivity contribution in [2.24, 2.45) is 5.73 Å². The first-order valence-corrected chi connectivity index (χ1v) is 6.06. The van der Waals surface area contributed by atoms with Gasteiger partial charge >= 0.3 is 0 Å². The molecule has 1 aromatic carbocycles. The molecule has 1 aromatic rings. The van der Waals surface area contributed by atoms with Gasteiger partial charge in [-0.15, -0.1) is 0 Å². The lowest BCUT2D eigenvalue weighted by Gasteiger charge is -2.10. The fourth-order valence-electron chi connectivity index (χ4n) is 1.43. The van der Waals surface area contributed by atoms with Crippen molar-refractivity contribution >= 4 is 21.7 Å². The van der Waals surface area contributed by atoms with Gasteiger partial charge in [-0.1, -0.05) is 15.9 Å². The topological polar surface area (TPSA) is 52.3 Å². The summed E-state index contributed by atoms with van der Waals surface area (Å²) in [4.78, 5) is 11.8. The average molecular weight is 304 g/mol. The van der Waals surface area contributed by atoms with Crippen LogP contribution in [0.4, 0.5) is 4.39 Å². The minimum Gasteiger partial charge on any atom is -0.385 e. The second-order valence-corrected chi connectivity index (χ2v) is 4.71. The van der Waals surface area contributed by atoms with E-state index in [1.54, 1.807) is 13.2 Å². The first kappa shape index (κ1) is 14.3. The Morgan fingerprint density at radius 1 is 1.59 bits per heavy atom. The Hall–Kier alpha value is -0.780. The van der Waals surface area contributed by atoms with Crippen molar-refractivity contribution in [3.8, 4) is 0 Å². The zero-order valence-corrected chi connectivity index (χ0v) is 11.2. The molecule has 2 N–H and O–H groups in total. The Morgan fingerprint density at radius 2 is 2.29 bits per heavy atom. The van der Waals surface area contributed by atoms with Crippen LogP contribution in [0.2, 0.25) is 0 Å². The van der Waals surface area contributed by atoms with Crippen LogP contribution in [0, 0.1) is 5.82 Å². The highest BCUT2D eigenvalue weighted by atomic mass is 79.9. The van der Waals surface area contributed by atoms with Gasteiger partial charge in [0.2, 0.25) is 0 Å². The van der Waals surface area contributed by atoms with E-state index in [0.717, 1.165) is 0 Å². The molecule has 17 heavy (non-hydrogen) atoms. The number of rotatable bonds is 6. The van der Waals surface area contributed by atoms with Gasteiger partial charge in [0.25, 0.3) is 0 Å². The predicted octanol–water partition coefficient (Wildman–Crippen LogP) is 2.52. The van der Waals surface area contributed by atoms with E-state index in [1.165, 1.54) is 12.1 Å². The van der Waals surface area contributed by atoms with Gasteiger partial charge in [0.15, 0.2) is 5.78 Å². The monoisotopic (exact) mass is 303 g/mol. The van der Waals surface area contributed by atoms with Crippen LogP contribution in [0.3, 0.4) is 0 Å². The summed E-state index contributed by atoms with van der Waals surface area (Å²) in [5.74, 6) is -0.801. The molecule has 0 aromatic heterocycles. The summed E-state index contributed by atoms with van der Waals surface area (Å²) in [7, 11) is 1.57. The third-order valence-electron chi connectivity index (χ3n) is 2.37. The molecule has 5 heteroatoms. The van der Waals surface area contributed by atoms with Gasteiger partial charge in [-0.25, -0.2) is 4.39 Å². The van der Waals surface area contributed by atoms with Gasteiger partial charge in [0, 0.05) is 30.7 Å². The maximum Gasteiger partial charge on any atom is 0.167 e. The van der Waals surface area contributed by atoms with Gasteiger partial charge in [0.1, 0.15) is 5.82 Å². The highest BCUT2D eigenvalue weighted by Crippen LogP contribution is 2.17. The normalized spacial score (nSPS) is 12.5. The maximum absolute atomic E-state index is 13.4. The number of carbonyl (C=O) groups excluding carboxylic acids is 1. The zero-order valence-electron chi connectivity index (χ0n) is 9.58. The van der Waals surface area contributed by atoms with E-state index in [9.17, 15) is 9.18 Å². The van der Waals surface area contributed by atoms with Crippen molar-refractivity contribution in [3.63, 3.8) is 0 Å². The van der Waals surface area contributed by atoms with Crippen LogP contribution >= 0.6 is 15.9 Å². The van der Waals surface area contributed by atoms with E-state index < -0.39 is 5.82 Å². The molecule has 94 valence electrons. The fraction of sp³-hybridized carbons (Fsp3) is 0.417. The van der Waals surface area contributed by atoms with Crippen molar-refractivity contribution in [2.45, 2.75) is 18.9 Å². The van der Waals surface area contributed by atoms with Crippen molar-refractivity contribution in [3.05, 3.63) is 34.1 Å². The molecule has 0 radical (unpaired) electrons. The van der Waals surface area contributed by atoms with E-state index in [1.807, 2.05) is 0 Å². The largest absolute Gasteiger partial charge is 0.385 e. The van der Waals surface area contributed by atoms with Crippen LogP contribution in [0.15, 0.2) is 22.7 Å². The van der Waals surface area contributed by atoms with E-state index in [-0.39, 0.29) is 23.8 Å². The Morgan fingerprint density at radius 3 is 2.94 bits per heavy atom. The summed E-state index contributed by atoms with van der Waals surface area (Å²) in [6, 6.07) is 3.98. The van der Waals surface area contributed by atoms with Gasteiger partial charge in [-0.05, 0) is 24.6 Å². The molecule has 0 saturated heterocycles. The van der Waals surface area contributed by atoms with Crippen LogP contribution < -0.4 is 5.73 Å². The molecule has 0 amide bonds. The molecule has 1 unspecified atom stereocenters. The minimum atomic E-state index is -0.517. The van der Waals surface area contributed by atoms with E-state index in [0.29, 0.717) is 17.5 Å². The van der Waals surface area contributed by atoms with Crippen LogP contribution in [-0.4, -0.2) is 25.5 Å². The molecule has 0 aliphatic carbocycles. The molecule has 3 nitrogen and oxygen atoms in total. The summed E-state index contributed by atoms with van der Waals surface area (Å²) in [6.07, 6.45) is 0.703. The van der Waals surface area contributed by atoms with Crippen molar-refractivity contribution in [1.29, 1.82) is 0 Å². The van der Waals surface area contributed by atoms with Crippen LogP contribution in [0.5, 0.6) is 0 Å². The molecular weight excluding hydrogens is 289 g/mol. The highest BCUT2D eigenvalue weighted by molar-refractivity contribution is 9.10. The molecule has 1 rings (SSSR count). The standard InChI is InChI=1S/C12H15BrFNO2/c1-17-5-4-9(15)7-12(16)10-6-8(13)2-3-11(10)14/h2-3,6,9H,4-5,7,15H2,1H3. The number of ketones is 1. The molecule has 0 aliphatic rings. The average Bonchev–Trinajstić information content (AvgIpc) is 2.29. The molecule has 0 aliphatic heterocycles. The summed E-state index contributed by atoms with van der Waals surface area (Å²) in [5.41, 5.74) is 5.83. The Kier molecular flexibility index (Phi) is 5.74. The Balaban J connectivity index is 2.66. The van der Waals surface area contributed by atoms with Crippen LogP contribution in [0.25, 0.3) is 0 Å². The van der Waals surface area contributed by atoms with Gasteiger partial charge in [0.05, 0.1) is 5.56 Å². The number of benzene rings is 1. The number of nitrogens with two attached hydrogens (primary N) is 1. The molecule has 1 atom stereocenters. The number of hydrogen-bond donors (Lipinski definition) is 1.